The van der Waals surface area contributed by atoms with Gasteiger partial charge in [-0.15, -0.1) is 0 Å². The lowest BCUT2D eigenvalue weighted by molar-refractivity contribution is -0.141. The molecule has 0 amide bonds. The van der Waals surface area contributed by atoms with E-state index in [1.54, 1.807) is 0 Å². The highest BCUT2D eigenvalue weighted by Gasteiger charge is 2.62. The number of rotatable bonds is 18. The Kier molecular flexibility index (Phi) is 13.5. The van der Waals surface area contributed by atoms with E-state index in [9.17, 15) is 5.11 Å². The number of hydrogen-bond acceptors (Lipinski definition) is 5. The third-order valence-corrected chi connectivity index (χ3v) is 13.3. The van der Waals surface area contributed by atoms with Crippen molar-refractivity contribution in [2.75, 3.05) is 39.3 Å². The summed E-state index contributed by atoms with van der Waals surface area (Å²) in [5.41, 5.74) is 6.51. The van der Waals surface area contributed by atoms with Crippen LogP contribution in [0.1, 0.15) is 131 Å². The molecular weight excluding hydrogens is 516 g/mol. The second-order valence-electron chi connectivity index (χ2n) is 16.4. The van der Waals surface area contributed by atoms with E-state index in [-0.39, 0.29) is 6.10 Å². The smallest absolute Gasteiger partial charge is 0.0543 e. The summed E-state index contributed by atoms with van der Waals surface area (Å²) in [4.78, 5) is 0. The molecule has 42 heavy (non-hydrogen) atoms. The predicted octanol–water partition coefficient (Wildman–Crippen LogP) is 6.74. The van der Waals surface area contributed by atoms with Crippen molar-refractivity contribution in [2.24, 2.45) is 58.0 Å². The summed E-state index contributed by atoms with van der Waals surface area (Å²) in [6.07, 6.45) is 19.4. The van der Waals surface area contributed by atoms with Crippen LogP contribution in [-0.2, 0) is 0 Å². The van der Waals surface area contributed by atoms with E-state index in [0.717, 1.165) is 94.0 Å². The first kappa shape index (κ1) is 34.7. The topological polar surface area (TPSA) is 82.3 Å². The molecule has 10 atom stereocenters. The summed E-state index contributed by atoms with van der Waals surface area (Å²) in [6, 6.07) is 0.579. The molecule has 4 fully saturated rings. The number of aliphatic hydroxyl groups is 1. The molecule has 4 aliphatic carbocycles. The average molecular weight is 589 g/mol. The van der Waals surface area contributed by atoms with E-state index in [2.05, 4.69) is 50.6 Å². The van der Waals surface area contributed by atoms with Crippen molar-refractivity contribution >= 4 is 0 Å². The predicted molar refractivity (Wildman–Crippen MR) is 180 cm³/mol. The first-order valence-corrected chi connectivity index (χ1v) is 18.7. The number of nitrogens with two attached hydrogens (primary N) is 1. The van der Waals surface area contributed by atoms with Crippen LogP contribution in [0.15, 0.2) is 0 Å². The number of hydrogen-bond donors (Lipinski definition) is 5. The van der Waals surface area contributed by atoms with Crippen molar-refractivity contribution in [1.29, 1.82) is 0 Å². The second kappa shape index (κ2) is 16.4. The van der Waals surface area contributed by atoms with Crippen molar-refractivity contribution in [1.82, 2.24) is 16.0 Å². The SMILES string of the molecule is CC(C)CCCC(C)[C@H]1CC[C@H]2[C@@H]3C[C@@H](NCCCNCCCCNCCCN)C4C[C@@H](O)CC[C@]4(C)[C@H]3CC[C@]12C. The zero-order valence-corrected chi connectivity index (χ0v) is 28.6. The van der Waals surface area contributed by atoms with Gasteiger partial charge in [-0.05, 0) is 169 Å². The second-order valence-corrected chi connectivity index (χ2v) is 16.4. The maximum absolute atomic E-state index is 10.8. The Morgan fingerprint density at radius 2 is 1.38 bits per heavy atom. The van der Waals surface area contributed by atoms with Gasteiger partial charge in [0.1, 0.15) is 0 Å². The van der Waals surface area contributed by atoms with Crippen LogP contribution in [0.5, 0.6) is 0 Å². The van der Waals surface area contributed by atoms with Crippen LogP contribution in [0.4, 0.5) is 0 Å². The van der Waals surface area contributed by atoms with E-state index in [1.165, 1.54) is 77.0 Å². The van der Waals surface area contributed by atoms with Crippen LogP contribution in [0.2, 0.25) is 0 Å². The lowest BCUT2D eigenvalue weighted by Gasteiger charge is -2.63. The Morgan fingerprint density at radius 3 is 2.10 bits per heavy atom. The summed E-state index contributed by atoms with van der Waals surface area (Å²) < 4.78 is 0. The lowest BCUT2D eigenvalue weighted by Crippen LogP contribution is -2.61. The molecule has 2 unspecified atom stereocenters. The van der Waals surface area contributed by atoms with E-state index < -0.39 is 0 Å². The van der Waals surface area contributed by atoms with Gasteiger partial charge in [0.05, 0.1) is 6.10 Å². The fourth-order valence-electron chi connectivity index (χ4n) is 11.0. The van der Waals surface area contributed by atoms with Crippen molar-refractivity contribution < 1.29 is 5.11 Å². The molecule has 0 aliphatic heterocycles. The van der Waals surface area contributed by atoms with Crippen molar-refractivity contribution in [3.63, 3.8) is 0 Å². The third-order valence-electron chi connectivity index (χ3n) is 13.3. The summed E-state index contributed by atoms with van der Waals surface area (Å²) in [6.45, 7) is 19.0. The number of nitrogens with one attached hydrogen (secondary N) is 3. The molecule has 0 spiro atoms. The van der Waals surface area contributed by atoms with E-state index in [1.807, 2.05) is 0 Å². The fraction of sp³-hybridized carbons (Fsp3) is 1.00. The summed E-state index contributed by atoms with van der Waals surface area (Å²) in [7, 11) is 0. The molecule has 4 saturated carbocycles. The Labute approximate surface area is 261 Å². The van der Waals surface area contributed by atoms with Gasteiger partial charge in [0, 0.05) is 6.04 Å². The van der Waals surface area contributed by atoms with Crippen LogP contribution >= 0.6 is 0 Å². The quantitative estimate of drug-likeness (QED) is 0.115. The Morgan fingerprint density at radius 1 is 0.714 bits per heavy atom. The van der Waals surface area contributed by atoms with Gasteiger partial charge < -0.3 is 26.8 Å². The molecule has 0 bridgehead atoms. The third kappa shape index (κ3) is 8.33. The molecule has 246 valence electrons. The minimum Gasteiger partial charge on any atom is -0.393 e. The number of aliphatic hydroxyl groups excluding tert-OH is 1. The molecule has 4 rings (SSSR count). The fourth-order valence-corrected chi connectivity index (χ4v) is 11.0. The van der Waals surface area contributed by atoms with Gasteiger partial charge in [-0.3, -0.25) is 0 Å². The molecule has 4 aliphatic rings. The standard InChI is InChI=1S/C37H72N4O/c1-27(2)11-8-12-28(3)31-13-14-32-30-26-35(41-24-10-23-40-21-7-6-20-39-22-9-19-38)34-25-29(42)15-17-37(34,5)33(30)16-18-36(31,32)4/h27-35,39-42H,6-26,38H2,1-5H3/t28?,29-,30-,31+,32-,33-,34?,35+,36+,37+/m0/s1. The molecule has 0 aromatic heterocycles. The minimum absolute atomic E-state index is 0.0909. The van der Waals surface area contributed by atoms with Crippen LogP contribution in [0.3, 0.4) is 0 Å². The monoisotopic (exact) mass is 589 g/mol. The number of unbranched alkanes of at least 4 members (excludes halogenated alkanes) is 1. The Balaban J connectivity index is 1.30. The van der Waals surface area contributed by atoms with Crippen molar-refractivity contribution in [3.8, 4) is 0 Å². The Hall–Kier alpha value is -0.200. The maximum Gasteiger partial charge on any atom is 0.0543 e. The van der Waals surface area contributed by atoms with Gasteiger partial charge in [0.25, 0.3) is 0 Å². The highest BCUT2D eigenvalue weighted by molar-refractivity contribution is 5.12. The lowest BCUT2D eigenvalue weighted by atomic mass is 9.43. The molecule has 0 radical (unpaired) electrons. The molecule has 6 N–H and O–H groups in total. The Bertz CT molecular complexity index is 777. The first-order chi connectivity index (χ1) is 20.2. The maximum atomic E-state index is 10.8. The van der Waals surface area contributed by atoms with Gasteiger partial charge in [-0.25, -0.2) is 0 Å². The molecule has 5 heteroatoms. The number of fused-ring (bicyclic) bond motifs is 5. The van der Waals surface area contributed by atoms with Gasteiger partial charge in [0.2, 0.25) is 0 Å². The van der Waals surface area contributed by atoms with Crippen LogP contribution in [0, 0.1) is 52.3 Å². The normalized spacial score (nSPS) is 38.7. The highest BCUT2D eigenvalue weighted by atomic mass is 16.3. The van der Waals surface area contributed by atoms with Crippen LogP contribution < -0.4 is 21.7 Å². The summed E-state index contributed by atoms with van der Waals surface area (Å²) >= 11 is 0. The zero-order chi connectivity index (χ0) is 30.2. The highest BCUT2D eigenvalue weighted by Crippen LogP contribution is 2.68. The van der Waals surface area contributed by atoms with E-state index >= 15 is 0 Å². The molecule has 0 saturated heterocycles. The first-order valence-electron chi connectivity index (χ1n) is 18.7. The molecule has 0 aromatic rings. The molecule has 0 aromatic carbocycles. The van der Waals surface area contributed by atoms with Gasteiger partial charge >= 0.3 is 0 Å². The van der Waals surface area contributed by atoms with Gasteiger partial charge in [-0.1, -0.05) is 53.9 Å². The van der Waals surface area contributed by atoms with Crippen LogP contribution in [0.25, 0.3) is 0 Å². The van der Waals surface area contributed by atoms with Crippen molar-refractivity contribution in [2.45, 2.75) is 143 Å². The van der Waals surface area contributed by atoms with Crippen molar-refractivity contribution in [3.05, 3.63) is 0 Å². The zero-order valence-electron chi connectivity index (χ0n) is 28.6. The minimum atomic E-state index is -0.0909. The van der Waals surface area contributed by atoms with Crippen LogP contribution in [-0.4, -0.2) is 56.5 Å². The summed E-state index contributed by atoms with van der Waals surface area (Å²) in [5.74, 6) is 5.93. The van der Waals surface area contributed by atoms with Gasteiger partial charge in [0.15, 0.2) is 0 Å². The van der Waals surface area contributed by atoms with E-state index in [0.29, 0.717) is 22.8 Å². The molecular formula is C37H72N4O. The largest absolute Gasteiger partial charge is 0.393 e. The molecule has 5 nitrogen and oxygen atoms in total. The average Bonchev–Trinajstić information content (AvgIpc) is 3.31. The van der Waals surface area contributed by atoms with E-state index in [4.69, 9.17) is 5.73 Å². The molecule has 0 heterocycles. The van der Waals surface area contributed by atoms with Gasteiger partial charge in [-0.2, -0.15) is 0 Å². The summed E-state index contributed by atoms with van der Waals surface area (Å²) in [5, 5.41) is 22.1.